The summed E-state index contributed by atoms with van der Waals surface area (Å²) in [5, 5.41) is 12.3. The van der Waals surface area contributed by atoms with E-state index in [1.165, 1.54) is 13.2 Å². The number of halogens is 1. The first kappa shape index (κ1) is 14.5. The quantitative estimate of drug-likeness (QED) is 0.851. The molecule has 0 saturated heterocycles. The Morgan fingerprint density at radius 1 is 1.10 bits per heavy atom. The van der Waals surface area contributed by atoms with Gasteiger partial charge in [0, 0.05) is 24.7 Å². The topological polar surface area (TPSA) is 41.5 Å². The number of hydrogen-bond donors (Lipinski definition) is 2. The number of benzene rings is 2. The molecule has 0 aliphatic heterocycles. The van der Waals surface area contributed by atoms with Gasteiger partial charge in [0.1, 0.15) is 11.6 Å². The molecule has 2 aromatic carbocycles. The highest BCUT2D eigenvalue weighted by atomic mass is 19.1. The van der Waals surface area contributed by atoms with Crippen LogP contribution in [0, 0.1) is 5.82 Å². The number of aliphatic hydroxyl groups excluding tert-OH is 1. The first-order valence-electron chi connectivity index (χ1n) is 6.44. The molecule has 20 heavy (non-hydrogen) atoms. The van der Waals surface area contributed by atoms with Crippen LogP contribution in [-0.4, -0.2) is 12.2 Å². The van der Waals surface area contributed by atoms with Crippen LogP contribution in [0.1, 0.15) is 16.7 Å². The second-order valence-corrected chi connectivity index (χ2v) is 4.54. The fourth-order valence-electron chi connectivity index (χ4n) is 1.98. The number of ether oxygens (including phenoxy) is 1. The molecule has 0 atom stereocenters. The van der Waals surface area contributed by atoms with Crippen LogP contribution < -0.4 is 10.1 Å². The van der Waals surface area contributed by atoms with Gasteiger partial charge < -0.3 is 15.2 Å². The van der Waals surface area contributed by atoms with E-state index < -0.39 is 0 Å². The van der Waals surface area contributed by atoms with Gasteiger partial charge in [-0.1, -0.05) is 30.3 Å². The summed E-state index contributed by atoms with van der Waals surface area (Å²) in [6, 6.07) is 12.5. The first-order chi connectivity index (χ1) is 9.72. The monoisotopic (exact) mass is 275 g/mol. The van der Waals surface area contributed by atoms with Gasteiger partial charge in [-0.25, -0.2) is 4.39 Å². The highest BCUT2D eigenvalue weighted by Crippen LogP contribution is 2.16. The molecule has 0 fully saturated rings. The lowest BCUT2D eigenvalue weighted by Gasteiger charge is -2.08. The molecule has 0 aliphatic rings. The van der Waals surface area contributed by atoms with E-state index in [9.17, 15) is 4.39 Å². The number of aliphatic hydroxyl groups is 1. The Morgan fingerprint density at radius 2 is 1.90 bits per heavy atom. The molecule has 0 bridgehead atoms. The number of methoxy groups -OCH3 is 1. The van der Waals surface area contributed by atoms with Crippen molar-refractivity contribution >= 4 is 0 Å². The third kappa shape index (κ3) is 3.79. The zero-order chi connectivity index (χ0) is 14.4. The predicted octanol–water partition coefficient (Wildman–Crippen LogP) is 2.62. The summed E-state index contributed by atoms with van der Waals surface area (Å²) in [6.45, 7) is 1.10. The molecule has 2 rings (SSSR count). The third-order valence-electron chi connectivity index (χ3n) is 3.08. The molecule has 106 valence electrons. The SMILES string of the molecule is COc1ccc(CNCc2cccc(CO)c2)c(F)c1. The molecule has 0 amide bonds. The van der Waals surface area contributed by atoms with Crippen LogP contribution in [0.25, 0.3) is 0 Å². The lowest BCUT2D eigenvalue weighted by atomic mass is 10.1. The summed E-state index contributed by atoms with van der Waals surface area (Å²) in [6.07, 6.45) is 0. The Balaban J connectivity index is 1.92. The average molecular weight is 275 g/mol. The highest BCUT2D eigenvalue weighted by molar-refractivity contribution is 5.29. The summed E-state index contributed by atoms with van der Waals surface area (Å²) in [7, 11) is 1.51. The third-order valence-corrected chi connectivity index (χ3v) is 3.08. The Labute approximate surface area is 118 Å². The van der Waals surface area contributed by atoms with Gasteiger partial charge in [-0.3, -0.25) is 0 Å². The van der Waals surface area contributed by atoms with Crippen molar-refractivity contribution in [1.29, 1.82) is 0 Å². The average Bonchev–Trinajstić information content (AvgIpc) is 2.49. The molecule has 0 unspecified atom stereocenters. The minimum absolute atomic E-state index is 0.0287. The molecular formula is C16H18FNO2. The molecule has 2 aromatic rings. The lowest BCUT2D eigenvalue weighted by Crippen LogP contribution is -2.13. The fraction of sp³-hybridized carbons (Fsp3) is 0.250. The molecule has 2 N–H and O–H groups in total. The Hall–Kier alpha value is -1.91. The van der Waals surface area contributed by atoms with Gasteiger partial charge in [-0.15, -0.1) is 0 Å². The highest BCUT2D eigenvalue weighted by Gasteiger charge is 2.03. The van der Waals surface area contributed by atoms with Gasteiger partial charge in [0.15, 0.2) is 0 Å². The van der Waals surface area contributed by atoms with E-state index in [-0.39, 0.29) is 12.4 Å². The van der Waals surface area contributed by atoms with Gasteiger partial charge in [-0.05, 0) is 17.2 Å². The van der Waals surface area contributed by atoms with Crippen LogP contribution in [0.2, 0.25) is 0 Å². The van der Waals surface area contributed by atoms with E-state index in [4.69, 9.17) is 9.84 Å². The Morgan fingerprint density at radius 3 is 2.60 bits per heavy atom. The number of nitrogens with one attached hydrogen (secondary N) is 1. The van der Waals surface area contributed by atoms with Crippen molar-refractivity contribution in [3.05, 3.63) is 65.0 Å². The number of hydrogen-bond acceptors (Lipinski definition) is 3. The minimum atomic E-state index is -0.277. The van der Waals surface area contributed by atoms with Crippen molar-refractivity contribution in [3.63, 3.8) is 0 Å². The Bertz CT molecular complexity index is 572. The zero-order valence-electron chi connectivity index (χ0n) is 11.4. The van der Waals surface area contributed by atoms with Gasteiger partial charge >= 0.3 is 0 Å². The second-order valence-electron chi connectivity index (χ2n) is 4.54. The molecule has 0 heterocycles. The van der Waals surface area contributed by atoms with Crippen LogP contribution in [0.5, 0.6) is 5.75 Å². The van der Waals surface area contributed by atoms with Crippen LogP contribution in [0.15, 0.2) is 42.5 Å². The summed E-state index contributed by atoms with van der Waals surface area (Å²) >= 11 is 0. The normalized spacial score (nSPS) is 10.6. The molecule has 4 heteroatoms. The zero-order valence-corrected chi connectivity index (χ0v) is 11.4. The summed E-state index contributed by atoms with van der Waals surface area (Å²) < 4.78 is 18.7. The van der Waals surface area contributed by atoms with E-state index in [0.717, 1.165) is 11.1 Å². The van der Waals surface area contributed by atoms with Gasteiger partial charge in [-0.2, -0.15) is 0 Å². The first-order valence-corrected chi connectivity index (χ1v) is 6.44. The molecule has 0 radical (unpaired) electrons. The van der Waals surface area contributed by atoms with Crippen LogP contribution in [0.4, 0.5) is 4.39 Å². The molecule has 0 aromatic heterocycles. The standard InChI is InChI=1S/C16H18FNO2/c1-20-15-6-5-14(16(17)8-15)10-18-9-12-3-2-4-13(7-12)11-19/h2-8,18-19H,9-11H2,1H3. The van der Waals surface area contributed by atoms with Crippen molar-refractivity contribution in [3.8, 4) is 5.75 Å². The summed E-state index contributed by atoms with van der Waals surface area (Å²) in [4.78, 5) is 0. The second kappa shape index (κ2) is 7.03. The number of rotatable bonds is 6. The van der Waals surface area contributed by atoms with E-state index in [0.29, 0.717) is 24.4 Å². The summed E-state index contributed by atoms with van der Waals surface area (Å²) in [5.41, 5.74) is 2.54. The van der Waals surface area contributed by atoms with E-state index >= 15 is 0 Å². The van der Waals surface area contributed by atoms with Crippen molar-refractivity contribution in [1.82, 2.24) is 5.32 Å². The van der Waals surface area contributed by atoms with Gasteiger partial charge in [0.2, 0.25) is 0 Å². The minimum Gasteiger partial charge on any atom is -0.497 e. The smallest absolute Gasteiger partial charge is 0.131 e. The Kier molecular flexibility index (Phi) is 5.09. The largest absolute Gasteiger partial charge is 0.497 e. The van der Waals surface area contributed by atoms with E-state index in [1.54, 1.807) is 12.1 Å². The van der Waals surface area contributed by atoms with Crippen molar-refractivity contribution < 1.29 is 14.2 Å². The maximum absolute atomic E-state index is 13.7. The fourth-order valence-corrected chi connectivity index (χ4v) is 1.98. The molecule has 0 spiro atoms. The van der Waals surface area contributed by atoms with Crippen molar-refractivity contribution in [2.45, 2.75) is 19.7 Å². The van der Waals surface area contributed by atoms with Crippen molar-refractivity contribution in [2.75, 3.05) is 7.11 Å². The maximum Gasteiger partial charge on any atom is 0.131 e. The van der Waals surface area contributed by atoms with Gasteiger partial charge in [0.25, 0.3) is 0 Å². The molecular weight excluding hydrogens is 257 g/mol. The van der Waals surface area contributed by atoms with E-state index in [1.807, 2.05) is 24.3 Å². The molecule has 0 aliphatic carbocycles. The van der Waals surface area contributed by atoms with Crippen LogP contribution in [-0.2, 0) is 19.7 Å². The van der Waals surface area contributed by atoms with Gasteiger partial charge in [0.05, 0.1) is 13.7 Å². The van der Waals surface area contributed by atoms with Crippen molar-refractivity contribution in [2.24, 2.45) is 0 Å². The lowest BCUT2D eigenvalue weighted by molar-refractivity contribution is 0.281. The molecule has 0 saturated carbocycles. The predicted molar refractivity (Wildman–Crippen MR) is 75.9 cm³/mol. The summed E-state index contributed by atoms with van der Waals surface area (Å²) in [5.74, 6) is 0.239. The maximum atomic E-state index is 13.7. The van der Waals surface area contributed by atoms with Crippen LogP contribution in [0.3, 0.4) is 0 Å². The van der Waals surface area contributed by atoms with E-state index in [2.05, 4.69) is 5.32 Å². The molecule has 3 nitrogen and oxygen atoms in total. The van der Waals surface area contributed by atoms with Crippen LogP contribution >= 0.6 is 0 Å².